The lowest BCUT2D eigenvalue weighted by Crippen LogP contribution is -2.27. The zero-order chi connectivity index (χ0) is 21.8. The summed E-state index contributed by atoms with van der Waals surface area (Å²) in [5.74, 6) is 0.246. The highest BCUT2D eigenvalue weighted by Gasteiger charge is 2.35. The molecule has 1 saturated heterocycles. The van der Waals surface area contributed by atoms with Gasteiger partial charge in [0, 0.05) is 21.2 Å². The maximum atomic E-state index is 12.9. The molecule has 31 heavy (non-hydrogen) atoms. The van der Waals surface area contributed by atoms with E-state index in [0.29, 0.717) is 32.9 Å². The summed E-state index contributed by atoms with van der Waals surface area (Å²) in [5.41, 5.74) is 2.30. The van der Waals surface area contributed by atoms with E-state index in [4.69, 9.17) is 27.9 Å². The van der Waals surface area contributed by atoms with Gasteiger partial charge in [0.1, 0.15) is 12.4 Å². The van der Waals surface area contributed by atoms with Gasteiger partial charge in [-0.1, -0.05) is 77.8 Å². The Balaban J connectivity index is 1.54. The van der Waals surface area contributed by atoms with E-state index in [2.05, 4.69) is 0 Å². The van der Waals surface area contributed by atoms with Crippen molar-refractivity contribution in [3.8, 4) is 5.75 Å². The van der Waals surface area contributed by atoms with Gasteiger partial charge in [-0.2, -0.15) is 0 Å². The van der Waals surface area contributed by atoms with Crippen LogP contribution in [0, 0.1) is 0 Å². The SMILES string of the molecule is O=C1S/C(=C\c2ccccc2OCc2ccccc2)C(=O)N1Cc1c(Cl)cccc1Cl. The summed E-state index contributed by atoms with van der Waals surface area (Å²) >= 11 is 13.3. The molecule has 0 unspecified atom stereocenters. The maximum absolute atomic E-state index is 12.9. The third-order valence-electron chi connectivity index (χ3n) is 4.69. The lowest BCUT2D eigenvalue weighted by atomic mass is 10.1. The van der Waals surface area contributed by atoms with Crippen molar-refractivity contribution < 1.29 is 14.3 Å². The zero-order valence-electron chi connectivity index (χ0n) is 16.3. The molecular formula is C24H17Cl2NO3S. The number of hydrogen-bond donors (Lipinski definition) is 0. The molecule has 0 aliphatic carbocycles. The van der Waals surface area contributed by atoms with Crippen molar-refractivity contribution in [3.05, 3.63) is 104 Å². The van der Waals surface area contributed by atoms with Crippen molar-refractivity contribution in [2.45, 2.75) is 13.2 Å². The number of hydrogen-bond acceptors (Lipinski definition) is 4. The molecule has 1 heterocycles. The monoisotopic (exact) mass is 469 g/mol. The van der Waals surface area contributed by atoms with Gasteiger partial charge in [-0.3, -0.25) is 14.5 Å². The summed E-state index contributed by atoms with van der Waals surface area (Å²) in [6.07, 6.45) is 1.68. The Hall–Kier alpha value is -2.73. The van der Waals surface area contributed by atoms with E-state index >= 15 is 0 Å². The molecule has 0 saturated carbocycles. The molecule has 3 aromatic rings. The number of ether oxygens (including phenoxy) is 1. The first-order valence-corrected chi connectivity index (χ1v) is 11.0. The van der Waals surface area contributed by atoms with Crippen molar-refractivity contribution in [1.82, 2.24) is 4.90 Å². The van der Waals surface area contributed by atoms with Crippen LogP contribution in [0.2, 0.25) is 10.0 Å². The Labute approximate surface area is 194 Å². The van der Waals surface area contributed by atoms with Crippen LogP contribution in [0.25, 0.3) is 6.08 Å². The summed E-state index contributed by atoms with van der Waals surface area (Å²) in [6, 6.07) is 22.3. The predicted molar refractivity (Wildman–Crippen MR) is 125 cm³/mol. The number of halogens is 2. The molecule has 1 aliphatic heterocycles. The van der Waals surface area contributed by atoms with Crippen molar-refractivity contribution in [2.24, 2.45) is 0 Å². The number of thioether (sulfide) groups is 1. The molecule has 1 fully saturated rings. The summed E-state index contributed by atoms with van der Waals surface area (Å²) in [6.45, 7) is 0.421. The molecule has 4 nitrogen and oxygen atoms in total. The lowest BCUT2D eigenvalue weighted by molar-refractivity contribution is -0.123. The third-order valence-corrected chi connectivity index (χ3v) is 6.31. The van der Waals surface area contributed by atoms with E-state index in [9.17, 15) is 9.59 Å². The van der Waals surface area contributed by atoms with Crippen LogP contribution in [0.5, 0.6) is 5.75 Å². The van der Waals surface area contributed by atoms with Gasteiger partial charge in [-0.15, -0.1) is 0 Å². The number of benzene rings is 3. The summed E-state index contributed by atoms with van der Waals surface area (Å²) in [5, 5.41) is 0.459. The number of nitrogens with zero attached hydrogens (tertiary/aromatic N) is 1. The topological polar surface area (TPSA) is 46.6 Å². The molecular weight excluding hydrogens is 453 g/mol. The van der Waals surface area contributed by atoms with Crippen molar-refractivity contribution in [2.75, 3.05) is 0 Å². The average Bonchev–Trinajstić information content (AvgIpc) is 3.03. The average molecular weight is 470 g/mol. The van der Waals surface area contributed by atoms with Crippen LogP contribution >= 0.6 is 35.0 Å². The van der Waals surface area contributed by atoms with E-state index < -0.39 is 0 Å². The predicted octanol–water partition coefficient (Wildman–Crippen LogP) is 6.81. The van der Waals surface area contributed by atoms with Crippen LogP contribution in [-0.2, 0) is 17.9 Å². The van der Waals surface area contributed by atoms with E-state index in [-0.39, 0.29) is 17.7 Å². The molecule has 1 aliphatic rings. The highest BCUT2D eigenvalue weighted by molar-refractivity contribution is 8.18. The minimum Gasteiger partial charge on any atom is -0.488 e. The Morgan fingerprint density at radius 2 is 1.55 bits per heavy atom. The maximum Gasteiger partial charge on any atom is 0.293 e. The van der Waals surface area contributed by atoms with Crippen LogP contribution < -0.4 is 4.74 Å². The molecule has 0 bridgehead atoms. The van der Waals surface area contributed by atoms with Crippen LogP contribution in [-0.4, -0.2) is 16.0 Å². The second-order valence-electron chi connectivity index (χ2n) is 6.78. The molecule has 2 amide bonds. The van der Waals surface area contributed by atoms with Gasteiger partial charge in [-0.05, 0) is 41.6 Å². The van der Waals surface area contributed by atoms with Crippen LogP contribution in [0.4, 0.5) is 4.79 Å². The molecule has 0 N–H and O–H groups in total. The minimum atomic E-state index is -0.385. The van der Waals surface area contributed by atoms with Gasteiger partial charge in [0.25, 0.3) is 11.1 Å². The van der Waals surface area contributed by atoms with Crippen LogP contribution in [0.1, 0.15) is 16.7 Å². The zero-order valence-corrected chi connectivity index (χ0v) is 18.6. The van der Waals surface area contributed by atoms with E-state index in [1.165, 1.54) is 0 Å². The Bertz CT molecular complexity index is 1140. The third kappa shape index (κ3) is 4.96. The smallest absolute Gasteiger partial charge is 0.293 e. The number of imide groups is 1. The van der Waals surface area contributed by atoms with E-state index in [0.717, 1.165) is 27.8 Å². The molecule has 156 valence electrons. The Morgan fingerprint density at radius 3 is 2.29 bits per heavy atom. The molecule has 0 radical (unpaired) electrons. The highest BCUT2D eigenvalue weighted by Crippen LogP contribution is 2.36. The second-order valence-corrected chi connectivity index (χ2v) is 8.59. The normalized spacial score (nSPS) is 15.0. The minimum absolute atomic E-state index is 0.0205. The highest BCUT2D eigenvalue weighted by atomic mass is 35.5. The van der Waals surface area contributed by atoms with E-state index in [1.54, 1.807) is 24.3 Å². The summed E-state index contributed by atoms with van der Waals surface area (Å²) < 4.78 is 5.95. The molecule has 4 rings (SSSR count). The first kappa shape index (κ1) is 21.5. The fourth-order valence-corrected chi connectivity index (χ4v) is 4.43. The van der Waals surface area contributed by atoms with Crippen molar-refractivity contribution >= 4 is 52.2 Å². The fourth-order valence-electron chi connectivity index (χ4n) is 3.09. The second kappa shape index (κ2) is 9.60. The van der Waals surface area contributed by atoms with Gasteiger partial charge in [0.2, 0.25) is 0 Å². The first-order valence-electron chi connectivity index (χ1n) is 9.47. The van der Waals surface area contributed by atoms with Crippen molar-refractivity contribution in [3.63, 3.8) is 0 Å². The fraction of sp³-hybridized carbons (Fsp3) is 0.0833. The number of carbonyl (C=O) groups is 2. The largest absolute Gasteiger partial charge is 0.488 e. The van der Waals surface area contributed by atoms with Gasteiger partial charge in [-0.25, -0.2) is 0 Å². The Morgan fingerprint density at radius 1 is 0.871 bits per heavy atom. The quantitative estimate of drug-likeness (QED) is 0.372. The number of carbonyl (C=O) groups excluding carboxylic acids is 2. The van der Waals surface area contributed by atoms with E-state index in [1.807, 2.05) is 54.6 Å². The summed E-state index contributed by atoms with van der Waals surface area (Å²) in [4.78, 5) is 26.9. The number of rotatable bonds is 6. The van der Waals surface area contributed by atoms with Gasteiger partial charge >= 0.3 is 0 Å². The Kier molecular flexibility index (Phi) is 6.66. The van der Waals surface area contributed by atoms with Gasteiger partial charge in [0.05, 0.1) is 11.4 Å². The molecule has 0 spiro atoms. The number of para-hydroxylation sites is 1. The molecule has 7 heteroatoms. The van der Waals surface area contributed by atoms with Gasteiger partial charge in [0.15, 0.2) is 0 Å². The lowest BCUT2D eigenvalue weighted by Gasteiger charge is -2.14. The first-order chi connectivity index (χ1) is 15.0. The summed E-state index contributed by atoms with van der Waals surface area (Å²) in [7, 11) is 0. The van der Waals surface area contributed by atoms with Crippen LogP contribution in [0.15, 0.2) is 77.7 Å². The standard InChI is InChI=1S/C24H17Cl2NO3S/c25-19-10-6-11-20(26)18(19)14-27-23(28)22(31-24(27)29)13-17-9-4-5-12-21(17)30-15-16-7-2-1-3-8-16/h1-13H,14-15H2/b22-13-. The van der Waals surface area contributed by atoms with Gasteiger partial charge < -0.3 is 4.74 Å². The van der Waals surface area contributed by atoms with Crippen LogP contribution in [0.3, 0.4) is 0 Å². The molecule has 3 aromatic carbocycles. The molecule has 0 atom stereocenters. The number of amides is 2. The molecule has 0 aromatic heterocycles. The van der Waals surface area contributed by atoms with Crippen molar-refractivity contribution in [1.29, 1.82) is 0 Å².